The summed E-state index contributed by atoms with van der Waals surface area (Å²) in [4.78, 5) is 25.8. The normalized spacial score (nSPS) is 10.4. The maximum atomic E-state index is 11.8. The van der Waals surface area contributed by atoms with Gasteiger partial charge in [-0.05, 0) is 18.6 Å². The highest BCUT2D eigenvalue weighted by Gasteiger charge is 2.13. The number of amides is 1. The standard InChI is InChI=1S/C13H18ClNO2S/c1-3-4-9-15(2)13(17)8-5-10(16)11-6-7-12(14)18-11/h6-7H,3-5,8-9H2,1-2H3. The van der Waals surface area contributed by atoms with Crippen LogP contribution in [0.4, 0.5) is 0 Å². The molecule has 100 valence electrons. The molecule has 18 heavy (non-hydrogen) atoms. The van der Waals surface area contributed by atoms with Crippen LogP contribution in [0.5, 0.6) is 0 Å². The molecule has 0 aliphatic heterocycles. The molecule has 3 nitrogen and oxygen atoms in total. The molecule has 0 fully saturated rings. The molecular weight excluding hydrogens is 270 g/mol. The molecule has 0 aliphatic rings. The summed E-state index contributed by atoms with van der Waals surface area (Å²) in [6.45, 7) is 2.84. The van der Waals surface area contributed by atoms with E-state index in [9.17, 15) is 9.59 Å². The van der Waals surface area contributed by atoms with Gasteiger partial charge in [-0.15, -0.1) is 11.3 Å². The summed E-state index contributed by atoms with van der Waals surface area (Å²) in [5, 5.41) is 0. The van der Waals surface area contributed by atoms with Crippen molar-refractivity contribution < 1.29 is 9.59 Å². The van der Waals surface area contributed by atoms with E-state index in [1.165, 1.54) is 11.3 Å². The topological polar surface area (TPSA) is 37.4 Å². The number of hydrogen-bond acceptors (Lipinski definition) is 3. The number of hydrogen-bond donors (Lipinski definition) is 0. The summed E-state index contributed by atoms with van der Waals surface area (Å²) in [6.07, 6.45) is 2.58. The van der Waals surface area contributed by atoms with E-state index in [-0.39, 0.29) is 24.5 Å². The van der Waals surface area contributed by atoms with Crippen LogP contribution >= 0.6 is 22.9 Å². The van der Waals surface area contributed by atoms with E-state index < -0.39 is 0 Å². The molecule has 0 aromatic carbocycles. The van der Waals surface area contributed by atoms with Gasteiger partial charge in [0.1, 0.15) is 0 Å². The highest BCUT2D eigenvalue weighted by molar-refractivity contribution is 7.18. The Bertz CT molecular complexity index is 417. The minimum Gasteiger partial charge on any atom is -0.346 e. The van der Waals surface area contributed by atoms with Gasteiger partial charge in [0.25, 0.3) is 0 Å². The van der Waals surface area contributed by atoms with Crippen molar-refractivity contribution >= 4 is 34.6 Å². The van der Waals surface area contributed by atoms with Crippen LogP contribution in [-0.4, -0.2) is 30.2 Å². The lowest BCUT2D eigenvalue weighted by Gasteiger charge is -2.16. The molecule has 0 saturated carbocycles. The maximum Gasteiger partial charge on any atom is 0.222 e. The van der Waals surface area contributed by atoms with Gasteiger partial charge < -0.3 is 4.90 Å². The molecule has 0 saturated heterocycles. The van der Waals surface area contributed by atoms with Crippen LogP contribution in [0, 0.1) is 0 Å². The second-order valence-corrected chi connectivity index (χ2v) is 5.91. The van der Waals surface area contributed by atoms with Gasteiger partial charge in [-0.1, -0.05) is 24.9 Å². The highest BCUT2D eigenvalue weighted by atomic mass is 35.5. The average molecular weight is 288 g/mol. The van der Waals surface area contributed by atoms with E-state index in [2.05, 4.69) is 6.92 Å². The number of thiophene rings is 1. The number of rotatable bonds is 7. The Labute approximate surface area is 117 Å². The fourth-order valence-corrected chi connectivity index (χ4v) is 2.53. The molecular formula is C13H18ClNO2S. The van der Waals surface area contributed by atoms with Crippen LogP contribution in [0.1, 0.15) is 42.3 Å². The molecule has 1 amide bonds. The predicted octanol–water partition coefficient (Wildman–Crippen LogP) is 3.62. The van der Waals surface area contributed by atoms with Crippen LogP contribution < -0.4 is 0 Å². The molecule has 1 rings (SSSR count). The minimum atomic E-state index is -0.0101. The monoisotopic (exact) mass is 287 g/mol. The summed E-state index contributed by atoms with van der Waals surface area (Å²) < 4.78 is 0.602. The van der Waals surface area contributed by atoms with Crippen molar-refractivity contribution in [1.29, 1.82) is 0 Å². The van der Waals surface area contributed by atoms with Crippen LogP contribution in [0.15, 0.2) is 12.1 Å². The van der Waals surface area contributed by atoms with Crippen molar-refractivity contribution in [2.24, 2.45) is 0 Å². The average Bonchev–Trinajstić information content (AvgIpc) is 2.79. The fourth-order valence-electron chi connectivity index (χ4n) is 1.52. The van der Waals surface area contributed by atoms with E-state index in [1.54, 1.807) is 24.1 Å². The van der Waals surface area contributed by atoms with E-state index in [0.29, 0.717) is 9.21 Å². The first-order valence-electron chi connectivity index (χ1n) is 6.07. The molecule has 1 aromatic rings. The third-order valence-corrected chi connectivity index (χ3v) is 3.96. The number of Topliss-reactive ketones (excluding diaryl/α,β-unsaturated/α-hetero) is 1. The molecule has 1 heterocycles. The zero-order valence-corrected chi connectivity index (χ0v) is 12.3. The quantitative estimate of drug-likeness (QED) is 0.718. The third-order valence-electron chi connectivity index (χ3n) is 2.69. The Morgan fingerprint density at radius 2 is 2.06 bits per heavy atom. The highest BCUT2D eigenvalue weighted by Crippen LogP contribution is 2.22. The molecule has 1 aromatic heterocycles. The van der Waals surface area contributed by atoms with Gasteiger partial charge in [0.2, 0.25) is 5.91 Å². The van der Waals surface area contributed by atoms with Gasteiger partial charge >= 0.3 is 0 Å². The van der Waals surface area contributed by atoms with Crippen molar-refractivity contribution in [3.05, 3.63) is 21.3 Å². The van der Waals surface area contributed by atoms with Crippen LogP contribution in [0.3, 0.4) is 0 Å². The van der Waals surface area contributed by atoms with Crippen molar-refractivity contribution in [2.45, 2.75) is 32.6 Å². The van der Waals surface area contributed by atoms with Gasteiger partial charge in [-0.25, -0.2) is 0 Å². The van der Waals surface area contributed by atoms with Gasteiger partial charge in [0, 0.05) is 26.4 Å². The van der Waals surface area contributed by atoms with Gasteiger partial charge in [0.15, 0.2) is 5.78 Å². The van der Waals surface area contributed by atoms with Crippen molar-refractivity contribution in [1.82, 2.24) is 4.90 Å². The fraction of sp³-hybridized carbons (Fsp3) is 0.538. The number of unbranched alkanes of at least 4 members (excludes halogenated alkanes) is 1. The zero-order chi connectivity index (χ0) is 13.5. The number of ketones is 1. The molecule has 0 radical (unpaired) electrons. The Morgan fingerprint density at radius 1 is 1.33 bits per heavy atom. The largest absolute Gasteiger partial charge is 0.346 e. The Morgan fingerprint density at radius 3 is 2.61 bits per heavy atom. The first-order valence-corrected chi connectivity index (χ1v) is 7.26. The molecule has 0 unspecified atom stereocenters. The zero-order valence-electron chi connectivity index (χ0n) is 10.7. The first kappa shape index (κ1) is 15.2. The van der Waals surface area contributed by atoms with Gasteiger partial charge in [-0.3, -0.25) is 9.59 Å². The molecule has 0 bridgehead atoms. The number of halogens is 1. The third kappa shape index (κ3) is 4.78. The first-order chi connectivity index (χ1) is 8.54. The predicted molar refractivity (Wildman–Crippen MR) is 75.4 cm³/mol. The number of nitrogens with zero attached hydrogens (tertiary/aromatic N) is 1. The Kier molecular flexibility index (Phi) is 6.36. The van der Waals surface area contributed by atoms with E-state index in [4.69, 9.17) is 11.6 Å². The lowest BCUT2D eigenvalue weighted by Crippen LogP contribution is -2.27. The molecule has 0 spiro atoms. The molecule has 0 aliphatic carbocycles. The number of carbonyl (C=O) groups is 2. The summed E-state index contributed by atoms with van der Waals surface area (Å²) in [7, 11) is 1.78. The molecule has 5 heteroatoms. The lowest BCUT2D eigenvalue weighted by atomic mass is 10.2. The summed E-state index contributed by atoms with van der Waals surface area (Å²) in [5.41, 5.74) is 0. The smallest absolute Gasteiger partial charge is 0.222 e. The van der Waals surface area contributed by atoms with Crippen LogP contribution in [-0.2, 0) is 4.79 Å². The SMILES string of the molecule is CCCCN(C)C(=O)CCC(=O)c1ccc(Cl)s1. The second-order valence-electron chi connectivity index (χ2n) is 4.20. The van der Waals surface area contributed by atoms with Gasteiger partial charge in [-0.2, -0.15) is 0 Å². The summed E-state index contributed by atoms with van der Waals surface area (Å²) >= 11 is 7.03. The van der Waals surface area contributed by atoms with Crippen molar-refractivity contribution in [3.8, 4) is 0 Å². The van der Waals surface area contributed by atoms with E-state index >= 15 is 0 Å². The number of carbonyl (C=O) groups excluding carboxylic acids is 2. The Hall–Kier alpha value is -0.870. The second kappa shape index (κ2) is 7.54. The van der Waals surface area contributed by atoms with Gasteiger partial charge in [0.05, 0.1) is 9.21 Å². The van der Waals surface area contributed by atoms with E-state index in [1.807, 2.05) is 0 Å². The Balaban J connectivity index is 2.36. The lowest BCUT2D eigenvalue weighted by molar-refractivity contribution is -0.129. The molecule has 0 N–H and O–H groups in total. The van der Waals surface area contributed by atoms with Crippen molar-refractivity contribution in [2.75, 3.05) is 13.6 Å². The van der Waals surface area contributed by atoms with Crippen LogP contribution in [0.2, 0.25) is 4.34 Å². The van der Waals surface area contributed by atoms with E-state index in [0.717, 1.165) is 19.4 Å². The summed E-state index contributed by atoms with van der Waals surface area (Å²) in [6, 6.07) is 3.41. The molecule has 0 atom stereocenters. The van der Waals surface area contributed by atoms with Crippen LogP contribution in [0.25, 0.3) is 0 Å². The van der Waals surface area contributed by atoms with Crippen molar-refractivity contribution in [3.63, 3.8) is 0 Å². The summed E-state index contributed by atoms with van der Waals surface area (Å²) in [5.74, 6) is 0.0172. The maximum absolute atomic E-state index is 11.8. The minimum absolute atomic E-state index is 0.0101.